The maximum Gasteiger partial charge on any atom is 0.164 e. The van der Waals surface area contributed by atoms with Crippen molar-refractivity contribution in [2.45, 2.75) is 20.4 Å². The third kappa shape index (κ3) is 3.58. The molecule has 0 aliphatic carbocycles. The second-order valence-corrected chi connectivity index (χ2v) is 4.81. The van der Waals surface area contributed by atoms with Crippen LogP contribution in [0.2, 0.25) is 0 Å². The Morgan fingerprint density at radius 2 is 1.50 bits per heavy atom. The van der Waals surface area contributed by atoms with Crippen LogP contribution in [0.25, 0.3) is 0 Å². The molecule has 0 spiro atoms. The molecule has 0 aliphatic rings. The van der Waals surface area contributed by atoms with Crippen LogP contribution in [-0.4, -0.2) is 31.3 Å². The fourth-order valence-corrected chi connectivity index (χ4v) is 2.22. The number of nitrogens with zero attached hydrogens (tertiary/aromatic N) is 2. The molecule has 0 amide bonds. The van der Waals surface area contributed by atoms with Crippen molar-refractivity contribution in [2.75, 3.05) is 26.6 Å². The van der Waals surface area contributed by atoms with Gasteiger partial charge in [-0.1, -0.05) is 0 Å². The summed E-state index contributed by atoms with van der Waals surface area (Å²) >= 11 is 0. The number of benzene rings is 1. The van der Waals surface area contributed by atoms with Gasteiger partial charge in [0.15, 0.2) is 11.5 Å². The quantitative estimate of drug-likeness (QED) is 0.885. The molecular weight excluding hydrogens is 282 g/mol. The van der Waals surface area contributed by atoms with Crippen LogP contribution < -0.4 is 19.5 Å². The van der Waals surface area contributed by atoms with Crippen molar-refractivity contribution in [1.82, 2.24) is 9.97 Å². The van der Waals surface area contributed by atoms with E-state index in [0.29, 0.717) is 18.0 Å². The van der Waals surface area contributed by atoms with E-state index in [0.717, 1.165) is 28.6 Å². The Kier molecular flexibility index (Phi) is 5.04. The third-order valence-corrected chi connectivity index (χ3v) is 3.21. The van der Waals surface area contributed by atoms with Crippen molar-refractivity contribution in [3.05, 3.63) is 35.3 Å². The predicted molar refractivity (Wildman–Crippen MR) is 84.9 cm³/mol. The maximum absolute atomic E-state index is 5.41. The smallest absolute Gasteiger partial charge is 0.164 e. The summed E-state index contributed by atoms with van der Waals surface area (Å²) in [6, 6.07) is 5.61. The molecule has 1 N–H and O–H groups in total. The number of aromatic nitrogens is 2. The van der Waals surface area contributed by atoms with Crippen molar-refractivity contribution in [2.24, 2.45) is 0 Å². The van der Waals surface area contributed by atoms with E-state index < -0.39 is 0 Å². The van der Waals surface area contributed by atoms with Crippen LogP contribution in [0.5, 0.6) is 17.2 Å². The van der Waals surface area contributed by atoms with Crippen LogP contribution in [0.4, 0.5) is 5.82 Å². The zero-order valence-electron chi connectivity index (χ0n) is 13.6. The normalized spacial score (nSPS) is 10.2. The Labute approximate surface area is 130 Å². The fourth-order valence-electron chi connectivity index (χ4n) is 2.22. The molecular formula is C16H21N3O3. The number of hydrogen-bond acceptors (Lipinski definition) is 6. The van der Waals surface area contributed by atoms with Crippen molar-refractivity contribution < 1.29 is 14.2 Å². The molecule has 2 rings (SSSR count). The zero-order chi connectivity index (χ0) is 16.1. The van der Waals surface area contributed by atoms with E-state index in [1.165, 1.54) is 0 Å². The van der Waals surface area contributed by atoms with Crippen LogP contribution in [0, 0.1) is 13.8 Å². The Morgan fingerprint density at radius 3 is 2.09 bits per heavy atom. The molecule has 0 fully saturated rings. The van der Waals surface area contributed by atoms with Crippen molar-refractivity contribution in [3.8, 4) is 17.2 Å². The fraction of sp³-hybridized carbons (Fsp3) is 0.375. The summed E-state index contributed by atoms with van der Waals surface area (Å²) < 4.78 is 16.0. The van der Waals surface area contributed by atoms with E-state index in [4.69, 9.17) is 14.2 Å². The maximum atomic E-state index is 5.41. The number of ether oxygens (including phenoxy) is 3. The van der Waals surface area contributed by atoms with Gasteiger partial charge in [-0.05, 0) is 19.9 Å². The molecule has 0 radical (unpaired) electrons. The van der Waals surface area contributed by atoms with Gasteiger partial charge in [0.25, 0.3) is 0 Å². The molecule has 22 heavy (non-hydrogen) atoms. The van der Waals surface area contributed by atoms with Gasteiger partial charge >= 0.3 is 0 Å². The molecule has 0 unspecified atom stereocenters. The highest BCUT2D eigenvalue weighted by molar-refractivity contribution is 5.52. The molecule has 6 nitrogen and oxygen atoms in total. The van der Waals surface area contributed by atoms with Crippen molar-refractivity contribution in [1.29, 1.82) is 0 Å². The van der Waals surface area contributed by atoms with Crippen LogP contribution >= 0.6 is 0 Å². The van der Waals surface area contributed by atoms with Gasteiger partial charge in [0.1, 0.15) is 17.4 Å². The molecule has 0 saturated carbocycles. The average Bonchev–Trinajstić information content (AvgIpc) is 2.51. The Morgan fingerprint density at radius 1 is 0.864 bits per heavy atom. The number of rotatable bonds is 6. The average molecular weight is 303 g/mol. The summed E-state index contributed by atoms with van der Waals surface area (Å²) in [5.74, 6) is 3.54. The molecule has 1 aromatic carbocycles. The molecule has 6 heteroatoms. The van der Waals surface area contributed by atoms with E-state index in [-0.39, 0.29) is 0 Å². The molecule has 0 bridgehead atoms. The van der Waals surface area contributed by atoms with E-state index in [9.17, 15) is 0 Å². The molecule has 1 heterocycles. The van der Waals surface area contributed by atoms with Gasteiger partial charge in [-0.15, -0.1) is 0 Å². The minimum absolute atomic E-state index is 0.555. The lowest BCUT2D eigenvalue weighted by molar-refractivity contribution is 0.347. The summed E-state index contributed by atoms with van der Waals surface area (Å²) in [6.07, 6.45) is 0. The van der Waals surface area contributed by atoms with Crippen LogP contribution in [0.1, 0.15) is 17.1 Å². The first-order chi connectivity index (χ1) is 10.6. The number of methoxy groups -OCH3 is 3. The second-order valence-electron chi connectivity index (χ2n) is 4.81. The minimum Gasteiger partial charge on any atom is -0.496 e. The largest absolute Gasteiger partial charge is 0.496 e. The molecule has 118 valence electrons. The van der Waals surface area contributed by atoms with E-state index in [1.54, 1.807) is 21.3 Å². The SMILES string of the molecule is COc1cc(OC)c(OC)cc1CNc1cc(C)nc(C)n1. The Hall–Kier alpha value is -2.50. The molecule has 1 aromatic heterocycles. The molecule has 0 saturated heterocycles. The van der Waals surface area contributed by atoms with Gasteiger partial charge in [-0.2, -0.15) is 0 Å². The minimum atomic E-state index is 0.555. The third-order valence-electron chi connectivity index (χ3n) is 3.21. The summed E-state index contributed by atoms with van der Waals surface area (Å²) in [4.78, 5) is 8.62. The summed E-state index contributed by atoms with van der Waals surface area (Å²) in [5.41, 5.74) is 1.88. The summed E-state index contributed by atoms with van der Waals surface area (Å²) in [6.45, 7) is 4.37. The standard InChI is InChI=1S/C16H21N3O3/c1-10-6-16(19-11(2)18-10)17-9-12-7-14(21-4)15(22-5)8-13(12)20-3/h6-8H,9H2,1-5H3,(H,17,18,19). The zero-order valence-corrected chi connectivity index (χ0v) is 13.6. The van der Waals surface area contributed by atoms with Crippen LogP contribution in [0.15, 0.2) is 18.2 Å². The highest BCUT2D eigenvalue weighted by Crippen LogP contribution is 2.34. The lowest BCUT2D eigenvalue weighted by Gasteiger charge is -2.15. The van der Waals surface area contributed by atoms with Crippen molar-refractivity contribution in [3.63, 3.8) is 0 Å². The lowest BCUT2D eigenvalue weighted by atomic mass is 10.1. The molecule has 0 atom stereocenters. The van der Waals surface area contributed by atoms with Gasteiger partial charge in [-0.3, -0.25) is 0 Å². The van der Waals surface area contributed by atoms with E-state index in [1.807, 2.05) is 32.0 Å². The van der Waals surface area contributed by atoms with Gasteiger partial charge < -0.3 is 19.5 Å². The highest BCUT2D eigenvalue weighted by atomic mass is 16.5. The first-order valence-electron chi connectivity index (χ1n) is 6.92. The first-order valence-corrected chi connectivity index (χ1v) is 6.92. The second kappa shape index (κ2) is 6.98. The topological polar surface area (TPSA) is 65.5 Å². The molecule has 2 aromatic rings. The number of aryl methyl sites for hydroxylation is 2. The Balaban J connectivity index is 2.24. The summed E-state index contributed by atoms with van der Waals surface area (Å²) in [7, 11) is 4.84. The number of anilines is 1. The Bertz CT molecular complexity index is 639. The van der Waals surface area contributed by atoms with Gasteiger partial charge in [0, 0.05) is 29.9 Å². The first kappa shape index (κ1) is 15.9. The van der Waals surface area contributed by atoms with Crippen molar-refractivity contribution >= 4 is 5.82 Å². The van der Waals surface area contributed by atoms with Crippen LogP contribution in [0.3, 0.4) is 0 Å². The number of hydrogen-bond donors (Lipinski definition) is 1. The van der Waals surface area contributed by atoms with Gasteiger partial charge in [0.05, 0.1) is 21.3 Å². The van der Waals surface area contributed by atoms with E-state index >= 15 is 0 Å². The van der Waals surface area contributed by atoms with Gasteiger partial charge in [-0.25, -0.2) is 9.97 Å². The predicted octanol–water partition coefficient (Wildman–Crippen LogP) is 2.73. The number of nitrogens with one attached hydrogen (secondary N) is 1. The van der Waals surface area contributed by atoms with Gasteiger partial charge in [0.2, 0.25) is 0 Å². The summed E-state index contributed by atoms with van der Waals surface area (Å²) in [5, 5.41) is 3.28. The van der Waals surface area contributed by atoms with Crippen LogP contribution in [-0.2, 0) is 6.54 Å². The monoisotopic (exact) mass is 303 g/mol. The van der Waals surface area contributed by atoms with E-state index in [2.05, 4.69) is 15.3 Å². The molecule has 0 aliphatic heterocycles. The highest BCUT2D eigenvalue weighted by Gasteiger charge is 2.12. The lowest BCUT2D eigenvalue weighted by Crippen LogP contribution is -2.06.